The van der Waals surface area contributed by atoms with E-state index in [0.717, 1.165) is 10.9 Å². The zero-order valence-corrected chi connectivity index (χ0v) is 17.1. The van der Waals surface area contributed by atoms with Gasteiger partial charge in [-0.05, 0) is 30.7 Å². The number of aromatic nitrogens is 1. The molecule has 1 aliphatic rings. The van der Waals surface area contributed by atoms with Crippen LogP contribution in [0.4, 0.5) is 0 Å². The number of para-hydroxylation sites is 1. The van der Waals surface area contributed by atoms with Gasteiger partial charge in [-0.15, -0.1) is 0 Å². The average Bonchev–Trinajstić information content (AvgIpc) is 3.23. The highest BCUT2D eigenvalue weighted by Crippen LogP contribution is 2.32. The minimum atomic E-state index is -3.66. The number of nitrogens with zero attached hydrogens (tertiary/aromatic N) is 2. The van der Waals surface area contributed by atoms with Gasteiger partial charge in [0.15, 0.2) is 11.5 Å². The van der Waals surface area contributed by atoms with Crippen LogP contribution >= 0.6 is 0 Å². The van der Waals surface area contributed by atoms with Crippen LogP contribution in [0.25, 0.3) is 10.9 Å². The largest absolute Gasteiger partial charge is 0.493 e. The number of methoxy groups -OCH3 is 2. The number of sulfonamides is 1. The van der Waals surface area contributed by atoms with Gasteiger partial charge in [0.2, 0.25) is 10.0 Å². The van der Waals surface area contributed by atoms with Gasteiger partial charge in [-0.3, -0.25) is 4.98 Å². The Morgan fingerprint density at radius 3 is 2.59 bits per heavy atom. The molecule has 152 valence electrons. The lowest BCUT2D eigenvalue weighted by atomic mass is 10.2. The lowest BCUT2D eigenvalue weighted by molar-refractivity contribution is 0.218. The van der Waals surface area contributed by atoms with Gasteiger partial charge in [-0.1, -0.05) is 18.2 Å². The second-order valence-corrected chi connectivity index (χ2v) is 8.68. The minimum Gasteiger partial charge on any atom is -0.493 e. The fourth-order valence-corrected chi connectivity index (χ4v) is 4.99. The Bertz CT molecular complexity index is 1130. The van der Waals surface area contributed by atoms with E-state index in [1.165, 1.54) is 30.7 Å². The van der Waals surface area contributed by atoms with Gasteiger partial charge in [0.25, 0.3) is 0 Å². The van der Waals surface area contributed by atoms with Crippen molar-refractivity contribution in [3.63, 3.8) is 0 Å². The van der Waals surface area contributed by atoms with Gasteiger partial charge in [0.05, 0.1) is 25.7 Å². The summed E-state index contributed by atoms with van der Waals surface area (Å²) in [5.41, 5.74) is 0.774. The molecule has 2 aromatic carbocycles. The maximum atomic E-state index is 13.1. The van der Waals surface area contributed by atoms with Crippen LogP contribution in [0.2, 0.25) is 0 Å². The Labute approximate surface area is 169 Å². The predicted octanol–water partition coefficient (Wildman–Crippen LogP) is 3.09. The lowest BCUT2D eigenvalue weighted by Gasteiger charge is -2.18. The molecule has 0 saturated carbocycles. The molecule has 1 aliphatic heterocycles. The summed E-state index contributed by atoms with van der Waals surface area (Å²) in [6, 6.07) is 14.2. The summed E-state index contributed by atoms with van der Waals surface area (Å²) < 4.78 is 44.1. The third kappa shape index (κ3) is 3.73. The number of fused-ring (bicyclic) bond motifs is 1. The highest BCUT2D eigenvalue weighted by molar-refractivity contribution is 7.89. The SMILES string of the molecule is COc1ccc(S(=O)(=O)N2CCC(Oc3cccc4cccnc34)C2)cc1OC. The van der Waals surface area contributed by atoms with Crippen molar-refractivity contribution in [3.05, 3.63) is 54.7 Å². The summed E-state index contributed by atoms with van der Waals surface area (Å²) in [4.78, 5) is 4.56. The number of rotatable bonds is 6. The van der Waals surface area contributed by atoms with E-state index in [-0.39, 0.29) is 17.5 Å². The van der Waals surface area contributed by atoms with Crippen molar-refractivity contribution in [1.82, 2.24) is 9.29 Å². The molecule has 0 aliphatic carbocycles. The van der Waals surface area contributed by atoms with Crippen LogP contribution in [-0.4, -0.2) is 51.1 Å². The molecule has 1 fully saturated rings. The Balaban J connectivity index is 1.53. The predicted molar refractivity (Wildman–Crippen MR) is 109 cm³/mol. The number of hydrogen-bond donors (Lipinski definition) is 0. The molecule has 2 heterocycles. The van der Waals surface area contributed by atoms with Gasteiger partial charge in [-0.25, -0.2) is 8.42 Å². The van der Waals surface area contributed by atoms with E-state index in [1.807, 2.05) is 30.3 Å². The smallest absolute Gasteiger partial charge is 0.243 e. The summed E-state index contributed by atoms with van der Waals surface area (Å²) >= 11 is 0. The van der Waals surface area contributed by atoms with E-state index in [9.17, 15) is 8.42 Å². The van der Waals surface area contributed by atoms with Gasteiger partial charge in [0.1, 0.15) is 17.4 Å². The maximum Gasteiger partial charge on any atom is 0.243 e. The van der Waals surface area contributed by atoms with Crippen LogP contribution in [0, 0.1) is 0 Å². The van der Waals surface area contributed by atoms with Crippen LogP contribution < -0.4 is 14.2 Å². The minimum absolute atomic E-state index is 0.169. The van der Waals surface area contributed by atoms with Gasteiger partial charge >= 0.3 is 0 Å². The first-order valence-corrected chi connectivity index (χ1v) is 10.7. The quantitative estimate of drug-likeness (QED) is 0.617. The normalized spacial score (nSPS) is 17.4. The standard InChI is InChI=1S/C21H22N2O5S/c1-26-18-9-8-17(13-20(18)27-2)29(24,25)23-12-10-16(14-23)28-19-7-3-5-15-6-4-11-22-21(15)19/h3-9,11,13,16H,10,12,14H2,1-2H3. The van der Waals surface area contributed by atoms with Crippen molar-refractivity contribution < 1.29 is 22.6 Å². The summed E-state index contributed by atoms with van der Waals surface area (Å²) in [6.45, 7) is 0.666. The molecular formula is C21H22N2O5S. The van der Waals surface area contributed by atoms with Crippen LogP contribution in [-0.2, 0) is 10.0 Å². The van der Waals surface area contributed by atoms with Crippen molar-refractivity contribution in [1.29, 1.82) is 0 Å². The number of pyridine rings is 1. The first-order valence-electron chi connectivity index (χ1n) is 9.25. The molecule has 0 spiro atoms. The molecule has 0 amide bonds. The average molecular weight is 414 g/mol. The highest BCUT2D eigenvalue weighted by atomic mass is 32.2. The van der Waals surface area contributed by atoms with Crippen molar-refractivity contribution in [2.45, 2.75) is 17.4 Å². The summed E-state index contributed by atoms with van der Waals surface area (Å²) in [5, 5.41) is 0.984. The van der Waals surface area contributed by atoms with E-state index in [4.69, 9.17) is 14.2 Å². The van der Waals surface area contributed by atoms with E-state index in [1.54, 1.807) is 12.3 Å². The second kappa shape index (κ2) is 7.88. The fourth-order valence-electron chi connectivity index (χ4n) is 3.49. The van der Waals surface area contributed by atoms with Crippen molar-refractivity contribution >= 4 is 20.9 Å². The third-order valence-corrected chi connectivity index (χ3v) is 6.85. The molecule has 4 rings (SSSR count). The topological polar surface area (TPSA) is 78.0 Å². The van der Waals surface area contributed by atoms with Crippen molar-refractivity contribution in [2.24, 2.45) is 0 Å². The molecule has 1 atom stereocenters. The molecule has 1 unspecified atom stereocenters. The molecule has 0 bridgehead atoms. The Hall–Kier alpha value is -2.84. The number of hydrogen-bond acceptors (Lipinski definition) is 6. The van der Waals surface area contributed by atoms with Crippen molar-refractivity contribution in [2.75, 3.05) is 27.3 Å². The third-order valence-electron chi connectivity index (χ3n) is 4.99. The van der Waals surface area contributed by atoms with Crippen LogP contribution in [0.5, 0.6) is 17.2 Å². The number of benzene rings is 2. The molecule has 1 saturated heterocycles. The van der Waals surface area contributed by atoms with E-state index >= 15 is 0 Å². The Morgan fingerprint density at radius 1 is 1.00 bits per heavy atom. The molecule has 1 aromatic heterocycles. The van der Waals surface area contributed by atoms with E-state index in [0.29, 0.717) is 30.2 Å². The molecule has 3 aromatic rings. The second-order valence-electron chi connectivity index (χ2n) is 6.74. The summed E-state index contributed by atoms with van der Waals surface area (Å²) in [7, 11) is -0.673. The molecule has 0 N–H and O–H groups in total. The maximum absolute atomic E-state index is 13.1. The van der Waals surface area contributed by atoms with Gasteiger partial charge < -0.3 is 14.2 Å². The van der Waals surface area contributed by atoms with Crippen LogP contribution in [0.3, 0.4) is 0 Å². The van der Waals surface area contributed by atoms with Crippen LogP contribution in [0.15, 0.2) is 59.6 Å². The molecule has 7 nitrogen and oxygen atoms in total. The first kappa shape index (κ1) is 19.5. The van der Waals surface area contributed by atoms with Gasteiger partial charge in [-0.2, -0.15) is 4.31 Å². The zero-order chi connectivity index (χ0) is 20.4. The van der Waals surface area contributed by atoms with Crippen LogP contribution in [0.1, 0.15) is 6.42 Å². The molecular weight excluding hydrogens is 392 g/mol. The molecule has 0 radical (unpaired) electrons. The Morgan fingerprint density at radius 2 is 1.79 bits per heavy atom. The highest BCUT2D eigenvalue weighted by Gasteiger charge is 2.34. The molecule has 29 heavy (non-hydrogen) atoms. The monoisotopic (exact) mass is 414 g/mol. The fraction of sp³-hybridized carbons (Fsp3) is 0.286. The lowest BCUT2D eigenvalue weighted by Crippen LogP contribution is -2.31. The first-order chi connectivity index (χ1) is 14.0. The van der Waals surface area contributed by atoms with Crippen molar-refractivity contribution in [3.8, 4) is 17.2 Å². The number of ether oxygens (including phenoxy) is 3. The van der Waals surface area contributed by atoms with Gasteiger partial charge in [0, 0.05) is 24.2 Å². The summed E-state index contributed by atoms with van der Waals surface area (Å²) in [6.07, 6.45) is 2.09. The Kier molecular flexibility index (Phi) is 5.29. The van der Waals surface area contributed by atoms with E-state index in [2.05, 4.69) is 4.98 Å². The summed E-state index contributed by atoms with van der Waals surface area (Å²) in [5.74, 6) is 1.53. The molecule has 8 heteroatoms. The van der Waals surface area contributed by atoms with E-state index < -0.39 is 10.0 Å². The zero-order valence-electron chi connectivity index (χ0n) is 16.2.